The van der Waals surface area contributed by atoms with Crippen molar-refractivity contribution in [2.45, 2.75) is 27.2 Å². The van der Waals surface area contributed by atoms with Crippen LogP contribution < -0.4 is 0 Å². The Morgan fingerprint density at radius 2 is 1.95 bits per heavy atom. The molecule has 0 radical (unpaired) electrons. The van der Waals surface area contributed by atoms with Crippen LogP contribution in [0.2, 0.25) is 0 Å². The molecule has 1 aromatic rings. The van der Waals surface area contributed by atoms with E-state index in [1.54, 1.807) is 36.4 Å². The Balaban J connectivity index is 2.69. The van der Waals surface area contributed by atoms with Crippen molar-refractivity contribution in [3.8, 4) is 0 Å². The maximum Gasteiger partial charge on any atom is 0.307 e. The van der Waals surface area contributed by atoms with Gasteiger partial charge in [-0.25, -0.2) is 0 Å². The van der Waals surface area contributed by atoms with Crippen LogP contribution in [0.5, 0.6) is 0 Å². The number of carbonyl (C=O) groups is 2. The molecule has 0 N–H and O–H groups in total. The van der Waals surface area contributed by atoms with Gasteiger partial charge in [0.15, 0.2) is 0 Å². The molecule has 0 atom stereocenters. The fourth-order valence-corrected chi connectivity index (χ4v) is 1.85. The third kappa shape index (κ3) is 5.38. The fraction of sp³-hybridized carbons (Fsp3) is 0.533. The van der Waals surface area contributed by atoms with E-state index in [0.29, 0.717) is 31.2 Å². The lowest BCUT2D eigenvalue weighted by molar-refractivity contribution is -0.143. The van der Waals surface area contributed by atoms with Gasteiger partial charge in [0.1, 0.15) is 0 Å². The number of esters is 1. The van der Waals surface area contributed by atoms with Gasteiger partial charge in [-0.05, 0) is 25.0 Å². The number of pyridine rings is 1. The molecule has 0 aliphatic rings. The van der Waals surface area contributed by atoms with Crippen molar-refractivity contribution in [3.05, 3.63) is 30.1 Å². The average Bonchev–Trinajstić information content (AvgIpc) is 2.43. The van der Waals surface area contributed by atoms with Crippen molar-refractivity contribution in [1.82, 2.24) is 9.88 Å². The summed E-state index contributed by atoms with van der Waals surface area (Å²) in [5, 5.41) is 0. The molecule has 1 rings (SSSR count). The minimum absolute atomic E-state index is 0.0783. The lowest BCUT2D eigenvalue weighted by Gasteiger charge is -2.24. The Morgan fingerprint density at radius 1 is 1.30 bits per heavy atom. The van der Waals surface area contributed by atoms with Crippen molar-refractivity contribution < 1.29 is 14.3 Å². The quantitative estimate of drug-likeness (QED) is 0.717. The van der Waals surface area contributed by atoms with Crippen LogP contribution in [0.15, 0.2) is 24.5 Å². The van der Waals surface area contributed by atoms with E-state index in [1.807, 2.05) is 13.8 Å². The Bertz CT molecular complexity index is 432. The largest absolute Gasteiger partial charge is 0.466 e. The van der Waals surface area contributed by atoms with E-state index in [2.05, 4.69) is 4.98 Å². The first kappa shape index (κ1) is 16.1. The van der Waals surface area contributed by atoms with E-state index in [4.69, 9.17) is 4.74 Å². The smallest absolute Gasteiger partial charge is 0.307 e. The SMILES string of the molecule is CCOC(=O)CCN(CC(C)C)C(=O)c1ccncc1. The van der Waals surface area contributed by atoms with E-state index in [9.17, 15) is 9.59 Å². The Hall–Kier alpha value is -1.91. The van der Waals surface area contributed by atoms with Gasteiger partial charge >= 0.3 is 5.97 Å². The molecule has 0 unspecified atom stereocenters. The maximum atomic E-state index is 12.4. The molecule has 0 spiro atoms. The van der Waals surface area contributed by atoms with Crippen LogP contribution >= 0.6 is 0 Å². The number of ether oxygens (including phenoxy) is 1. The zero-order chi connectivity index (χ0) is 15.0. The third-order valence-corrected chi connectivity index (χ3v) is 2.69. The van der Waals surface area contributed by atoms with E-state index >= 15 is 0 Å². The van der Waals surface area contributed by atoms with Crippen molar-refractivity contribution in [2.75, 3.05) is 19.7 Å². The second-order valence-corrected chi connectivity index (χ2v) is 4.94. The Labute approximate surface area is 119 Å². The number of aromatic nitrogens is 1. The monoisotopic (exact) mass is 278 g/mol. The van der Waals surface area contributed by atoms with Crippen LogP contribution in [0.1, 0.15) is 37.6 Å². The molecule has 0 aliphatic heterocycles. The third-order valence-electron chi connectivity index (χ3n) is 2.69. The average molecular weight is 278 g/mol. The Morgan fingerprint density at radius 3 is 2.50 bits per heavy atom. The van der Waals surface area contributed by atoms with Gasteiger partial charge in [-0.1, -0.05) is 13.8 Å². The molecule has 0 fully saturated rings. The van der Waals surface area contributed by atoms with Gasteiger partial charge in [0.2, 0.25) is 0 Å². The highest BCUT2D eigenvalue weighted by Gasteiger charge is 2.18. The molecule has 5 nitrogen and oxygen atoms in total. The molecule has 0 aliphatic carbocycles. The first-order valence-electron chi connectivity index (χ1n) is 6.89. The summed E-state index contributed by atoms with van der Waals surface area (Å²) in [5.74, 6) is -0.0165. The van der Waals surface area contributed by atoms with Gasteiger partial charge in [-0.3, -0.25) is 14.6 Å². The first-order chi connectivity index (χ1) is 9.54. The van der Waals surface area contributed by atoms with E-state index < -0.39 is 0 Å². The van der Waals surface area contributed by atoms with Crippen LogP contribution in [0.4, 0.5) is 0 Å². The van der Waals surface area contributed by atoms with Gasteiger partial charge in [0, 0.05) is 31.0 Å². The van der Waals surface area contributed by atoms with Gasteiger partial charge in [0.05, 0.1) is 13.0 Å². The number of hydrogen-bond donors (Lipinski definition) is 0. The van der Waals surface area contributed by atoms with E-state index in [-0.39, 0.29) is 18.3 Å². The summed E-state index contributed by atoms with van der Waals surface area (Å²) < 4.78 is 4.90. The molecule has 0 aromatic carbocycles. The fourth-order valence-electron chi connectivity index (χ4n) is 1.85. The zero-order valence-electron chi connectivity index (χ0n) is 12.3. The summed E-state index contributed by atoms with van der Waals surface area (Å²) in [4.78, 5) is 29.4. The molecule has 110 valence electrons. The number of rotatable bonds is 7. The molecule has 1 heterocycles. The van der Waals surface area contributed by atoms with Crippen LogP contribution in [0.3, 0.4) is 0 Å². The molecule has 0 saturated heterocycles. The number of hydrogen-bond acceptors (Lipinski definition) is 4. The van der Waals surface area contributed by atoms with Crippen LogP contribution in [0, 0.1) is 5.92 Å². The molecule has 1 aromatic heterocycles. The molecule has 5 heteroatoms. The summed E-state index contributed by atoms with van der Waals surface area (Å²) in [6.45, 7) is 7.19. The normalized spacial score (nSPS) is 10.4. The lowest BCUT2D eigenvalue weighted by atomic mass is 10.1. The summed E-state index contributed by atoms with van der Waals surface area (Å²) in [5.41, 5.74) is 0.588. The molecule has 1 amide bonds. The van der Waals surface area contributed by atoms with Gasteiger partial charge < -0.3 is 9.64 Å². The number of carbonyl (C=O) groups excluding carboxylic acids is 2. The van der Waals surface area contributed by atoms with Crippen LogP contribution in [0.25, 0.3) is 0 Å². The standard InChI is InChI=1S/C15H22N2O3/c1-4-20-14(18)7-10-17(11-12(2)3)15(19)13-5-8-16-9-6-13/h5-6,8-9,12H,4,7,10-11H2,1-3H3. The van der Waals surface area contributed by atoms with Crippen molar-refractivity contribution >= 4 is 11.9 Å². The second kappa shape index (κ2) is 8.30. The van der Waals surface area contributed by atoms with Crippen molar-refractivity contribution in [1.29, 1.82) is 0 Å². The predicted molar refractivity (Wildman–Crippen MR) is 76.2 cm³/mol. The summed E-state index contributed by atoms with van der Waals surface area (Å²) in [6.07, 6.45) is 3.40. The highest BCUT2D eigenvalue weighted by atomic mass is 16.5. The number of nitrogens with zero attached hydrogens (tertiary/aromatic N) is 2. The van der Waals surface area contributed by atoms with Gasteiger partial charge in [-0.2, -0.15) is 0 Å². The molecular weight excluding hydrogens is 256 g/mol. The molecule has 20 heavy (non-hydrogen) atoms. The van der Waals surface area contributed by atoms with Crippen LogP contribution in [-0.4, -0.2) is 41.5 Å². The highest BCUT2D eigenvalue weighted by Crippen LogP contribution is 2.08. The highest BCUT2D eigenvalue weighted by molar-refractivity contribution is 5.94. The number of amides is 1. The second-order valence-electron chi connectivity index (χ2n) is 4.94. The zero-order valence-corrected chi connectivity index (χ0v) is 12.3. The predicted octanol–water partition coefficient (Wildman–Crippen LogP) is 2.13. The first-order valence-corrected chi connectivity index (χ1v) is 6.89. The van der Waals surface area contributed by atoms with Crippen molar-refractivity contribution in [2.24, 2.45) is 5.92 Å². The summed E-state index contributed by atoms with van der Waals surface area (Å²) in [6, 6.07) is 3.36. The Kier molecular flexibility index (Phi) is 6.70. The van der Waals surface area contributed by atoms with Crippen LogP contribution in [-0.2, 0) is 9.53 Å². The minimum atomic E-state index is -0.274. The van der Waals surface area contributed by atoms with Crippen molar-refractivity contribution in [3.63, 3.8) is 0 Å². The maximum absolute atomic E-state index is 12.4. The molecule has 0 saturated carbocycles. The minimum Gasteiger partial charge on any atom is -0.466 e. The lowest BCUT2D eigenvalue weighted by Crippen LogP contribution is -2.36. The van der Waals surface area contributed by atoms with Gasteiger partial charge in [0.25, 0.3) is 5.91 Å². The molecular formula is C15H22N2O3. The molecule has 0 bridgehead atoms. The van der Waals surface area contributed by atoms with E-state index in [1.165, 1.54) is 0 Å². The van der Waals surface area contributed by atoms with E-state index in [0.717, 1.165) is 0 Å². The summed E-state index contributed by atoms with van der Waals surface area (Å²) in [7, 11) is 0. The summed E-state index contributed by atoms with van der Waals surface area (Å²) >= 11 is 0. The topological polar surface area (TPSA) is 59.5 Å². The van der Waals surface area contributed by atoms with Gasteiger partial charge in [-0.15, -0.1) is 0 Å².